The second-order valence-corrected chi connectivity index (χ2v) is 7.82. The van der Waals surface area contributed by atoms with E-state index in [1.54, 1.807) is 0 Å². The topological polar surface area (TPSA) is 24.9 Å². The Hall–Kier alpha value is -1.75. The zero-order valence-corrected chi connectivity index (χ0v) is 17.8. The highest BCUT2D eigenvalue weighted by Gasteiger charge is 2.13. The van der Waals surface area contributed by atoms with Gasteiger partial charge in [0.2, 0.25) is 0 Å². The van der Waals surface area contributed by atoms with Crippen LogP contribution in [0.25, 0.3) is 0 Å². The number of aryl methyl sites for hydroxylation is 1. The first-order valence-electron chi connectivity index (χ1n) is 10.2. The molecule has 0 N–H and O–H groups in total. The molecule has 0 aromatic heterocycles. The number of ether oxygens (including phenoxy) is 2. The van der Waals surface area contributed by atoms with Crippen LogP contribution in [-0.2, 0) is 13.0 Å². The van der Waals surface area contributed by atoms with Crippen LogP contribution in [0.3, 0.4) is 0 Å². The van der Waals surface area contributed by atoms with Gasteiger partial charge in [0.05, 0.1) is 6.61 Å². The summed E-state index contributed by atoms with van der Waals surface area (Å²) < 4.78 is 11.8. The van der Waals surface area contributed by atoms with E-state index in [0.717, 1.165) is 41.5 Å². The van der Waals surface area contributed by atoms with E-state index in [1.165, 1.54) is 31.7 Å². The Morgan fingerprint density at radius 3 is 2.50 bits per heavy atom. The first kappa shape index (κ1) is 21.0. The van der Waals surface area contributed by atoms with Crippen molar-refractivity contribution in [3.63, 3.8) is 0 Å². The molecule has 1 saturated heterocycles. The highest BCUT2D eigenvalue weighted by Crippen LogP contribution is 2.30. The van der Waals surface area contributed by atoms with Gasteiger partial charge in [-0.2, -0.15) is 0 Å². The number of likely N-dealkylation sites (N-methyl/N-ethyl adjacent to an activating group) is 1. The Bertz CT molecular complexity index is 745. The fourth-order valence-electron chi connectivity index (χ4n) is 3.46. The minimum atomic E-state index is 0.476. The first-order valence-corrected chi connectivity index (χ1v) is 10.6. The number of rotatable bonds is 9. The summed E-state index contributed by atoms with van der Waals surface area (Å²) in [4.78, 5) is 4.96. The highest BCUT2D eigenvalue weighted by atomic mass is 35.5. The molecule has 0 saturated carbocycles. The van der Waals surface area contributed by atoms with Gasteiger partial charge >= 0.3 is 0 Å². The third kappa shape index (κ3) is 6.40. The van der Waals surface area contributed by atoms with E-state index in [-0.39, 0.29) is 0 Å². The summed E-state index contributed by atoms with van der Waals surface area (Å²) in [6.45, 7) is 8.96. The van der Waals surface area contributed by atoms with Crippen molar-refractivity contribution in [1.82, 2.24) is 9.80 Å². The summed E-state index contributed by atoms with van der Waals surface area (Å²) in [6, 6.07) is 14.1. The van der Waals surface area contributed by atoms with Gasteiger partial charge in [-0.15, -0.1) is 0 Å². The summed E-state index contributed by atoms with van der Waals surface area (Å²) in [7, 11) is 2.20. The van der Waals surface area contributed by atoms with Gasteiger partial charge in [-0.3, -0.25) is 0 Å². The van der Waals surface area contributed by atoms with Crippen molar-refractivity contribution in [1.29, 1.82) is 0 Å². The first-order chi connectivity index (χ1) is 13.6. The van der Waals surface area contributed by atoms with Gasteiger partial charge in [-0.05, 0) is 68.8 Å². The fraction of sp³-hybridized carbons (Fsp3) is 0.478. The lowest BCUT2D eigenvalue weighted by Crippen LogP contribution is -2.44. The van der Waals surface area contributed by atoms with Gasteiger partial charge in [0.15, 0.2) is 11.5 Å². The zero-order valence-electron chi connectivity index (χ0n) is 17.0. The quantitative estimate of drug-likeness (QED) is 0.616. The fourth-order valence-corrected chi connectivity index (χ4v) is 3.67. The van der Waals surface area contributed by atoms with E-state index in [1.807, 2.05) is 37.3 Å². The van der Waals surface area contributed by atoms with Crippen LogP contribution in [-0.4, -0.2) is 56.2 Å². The van der Waals surface area contributed by atoms with Crippen LogP contribution in [0.2, 0.25) is 5.02 Å². The summed E-state index contributed by atoms with van der Waals surface area (Å²) in [5, 5.41) is 0.724. The molecule has 1 aliphatic heterocycles. The maximum atomic E-state index is 6.05. The minimum absolute atomic E-state index is 0.476. The van der Waals surface area contributed by atoms with Crippen LogP contribution < -0.4 is 9.47 Å². The van der Waals surface area contributed by atoms with E-state index in [9.17, 15) is 0 Å². The van der Waals surface area contributed by atoms with E-state index in [0.29, 0.717) is 13.2 Å². The van der Waals surface area contributed by atoms with E-state index >= 15 is 0 Å². The SMILES string of the molecule is CCOc1cc(CCCN2CCN(C)CC2)ccc1OCc1cccc(Cl)c1. The van der Waals surface area contributed by atoms with Crippen molar-refractivity contribution in [3.05, 3.63) is 58.6 Å². The summed E-state index contributed by atoms with van der Waals surface area (Å²) in [5.41, 5.74) is 2.35. The number of benzene rings is 2. The molecule has 2 aromatic carbocycles. The average Bonchev–Trinajstić information content (AvgIpc) is 2.69. The maximum Gasteiger partial charge on any atom is 0.161 e. The lowest BCUT2D eigenvalue weighted by Gasteiger charge is -2.32. The monoisotopic (exact) mass is 402 g/mol. The Morgan fingerprint density at radius 2 is 1.75 bits per heavy atom. The van der Waals surface area contributed by atoms with Gasteiger partial charge < -0.3 is 19.3 Å². The van der Waals surface area contributed by atoms with E-state index in [2.05, 4.69) is 29.0 Å². The summed E-state index contributed by atoms with van der Waals surface area (Å²) in [6.07, 6.45) is 2.22. The van der Waals surface area contributed by atoms with Crippen LogP contribution in [0, 0.1) is 0 Å². The molecule has 152 valence electrons. The minimum Gasteiger partial charge on any atom is -0.490 e. The standard InChI is InChI=1S/C23H31ClN2O2/c1-3-27-23-17-19(7-5-11-26-14-12-25(2)13-15-26)9-10-22(23)28-18-20-6-4-8-21(24)16-20/h4,6,8-10,16-17H,3,5,7,11-15,18H2,1-2H3. The predicted molar refractivity (Wildman–Crippen MR) is 116 cm³/mol. The third-order valence-corrected chi connectivity index (χ3v) is 5.36. The van der Waals surface area contributed by atoms with Gasteiger partial charge in [0.1, 0.15) is 6.61 Å². The normalized spacial score (nSPS) is 15.5. The van der Waals surface area contributed by atoms with Crippen LogP contribution >= 0.6 is 11.6 Å². The Balaban J connectivity index is 1.54. The maximum absolute atomic E-state index is 6.05. The molecule has 0 radical (unpaired) electrons. The molecule has 0 amide bonds. The van der Waals surface area contributed by atoms with Gasteiger partial charge in [0, 0.05) is 31.2 Å². The number of hydrogen-bond donors (Lipinski definition) is 0. The molecule has 0 atom stereocenters. The summed E-state index contributed by atoms with van der Waals surface area (Å²) >= 11 is 6.05. The smallest absolute Gasteiger partial charge is 0.161 e. The molecule has 1 heterocycles. The predicted octanol–water partition coefficient (Wildman–Crippen LogP) is 4.50. The van der Waals surface area contributed by atoms with E-state index in [4.69, 9.17) is 21.1 Å². The van der Waals surface area contributed by atoms with Crippen molar-refractivity contribution in [2.24, 2.45) is 0 Å². The molecule has 5 heteroatoms. The molecular formula is C23H31ClN2O2. The van der Waals surface area contributed by atoms with Crippen molar-refractivity contribution in [2.75, 3.05) is 46.4 Å². The molecule has 0 spiro atoms. The Labute approximate surface area is 174 Å². The Morgan fingerprint density at radius 1 is 0.929 bits per heavy atom. The van der Waals surface area contributed by atoms with Gasteiger partial charge in [0.25, 0.3) is 0 Å². The van der Waals surface area contributed by atoms with Crippen molar-refractivity contribution in [3.8, 4) is 11.5 Å². The molecule has 2 aromatic rings. The number of nitrogens with zero attached hydrogens (tertiary/aromatic N) is 2. The second kappa shape index (κ2) is 10.7. The van der Waals surface area contributed by atoms with Crippen molar-refractivity contribution < 1.29 is 9.47 Å². The zero-order chi connectivity index (χ0) is 19.8. The van der Waals surface area contributed by atoms with Crippen LogP contribution in [0.15, 0.2) is 42.5 Å². The molecule has 1 fully saturated rings. The van der Waals surface area contributed by atoms with Gasteiger partial charge in [-0.25, -0.2) is 0 Å². The lowest BCUT2D eigenvalue weighted by molar-refractivity contribution is 0.153. The molecule has 28 heavy (non-hydrogen) atoms. The second-order valence-electron chi connectivity index (χ2n) is 7.38. The molecule has 3 rings (SSSR count). The molecule has 4 nitrogen and oxygen atoms in total. The van der Waals surface area contributed by atoms with Crippen LogP contribution in [0.4, 0.5) is 0 Å². The molecule has 0 bridgehead atoms. The third-order valence-electron chi connectivity index (χ3n) is 5.13. The number of piperazine rings is 1. The van der Waals surface area contributed by atoms with Crippen LogP contribution in [0.1, 0.15) is 24.5 Å². The Kier molecular flexibility index (Phi) is 8.01. The van der Waals surface area contributed by atoms with Crippen LogP contribution in [0.5, 0.6) is 11.5 Å². The van der Waals surface area contributed by atoms with Crippen molar-refractivity contribution >= 4 is 11.6 Å². The largest absolute Gasteiger partial charge is 0.490 e. The number of hydrogen-bond acceptors (Lipinski definition) is 4. The summed E-state index contributed by atoms with van der Waals surface area (Å²) in [5.74, 6) is 1.60. The lowest BCUT2D eigenvalue weighted by atomic mass is 10.1. The van der Waals surface area contributed by atoms with Gasteiger partial charge in [-0.1, -0.05) is 29.8 Å². The number of halogens is 1. The molecule has 0 unspecified atom stereocenters. The highest BCUT2D eigenvalue weighted by molar-refractivity contribution is 6.30. The molecule has 0 aliphatic carbocycles. The molecule has 1 aliphatic rings. The average molecular weight is 403 g/mol. The van der Waals surface area contributed by atoms with Crippen molar-refractivity contribution in [2.45, 2.75) is 26.4 Å². The van der Waals surface area contributed by atoms with E-state index < -0.39 is 0 Å². The molecular weight excluding hydrogens is 372 g/mol.